The Morgan fingerprint density at radius 2 is 2.67 bits per heavy atom. The van der Waals surface area contributed by atoms with Crippen molar-refractivity contribution in [1.82, 2.24) is 0 Å². The lowest BCUT2D eigenvalue weighted by molar-refractivity contribution is -0.114. The number of rotatable bonds is 1. The van der Waals surface area contributed by atoms with E-state index in [4.69, 9.17) is 0 Å². The van der Waals surface area contributed by atoms with Crippen LogP contribution in [0.1, 0.15) is 6.92 Å². The van der Waals surface area contributed by atoms with Crippen molar-refractivity contribution in [3.8, 4) is 0 Å². The summed E-state index contributed by atoms with van der Waals surface area (Å²) in [5.41, 5.74) is 0. The maximum absolute atomic E-state index is 10.3. The Kier molecular flexibility index (Phi) is 1.53. The molecule has 1 aromatic heterocycles. The lowest BCUT2D eigenvalue weighted by Crippen LogP contribution is -2.03. The number of anilines is 1. The fraction of sp³-hybridized carbons (Fsp3) is 0.167. The minimum Gasteiger partial charge on any atom is -0.437 e. The zero-order valence-electron chi connectivity index (χ0n) is 4.97. The van der Waals surface area contributed by atoms with E-state index in [0.29, 0.717) is 5.88 Å². The van der Waals surface area contributed by atoms with Crippen LogP contribution >= 0.6 is 0 Å². The van der Waals surface area contributed by atoms with Gasteiger partial charge in [-0.2, -0.15) is 0 Å². The van der Waals surface area contributed by atoms with Gasteiger partial charge in [-0.1, -0.05) is 0 Å². The van der Waals surface area contributed by atoms with Crippen molar-refractivity contribution >= 4 is 11.8 Å². The summed E-state index contributed by atoms with van der Waals surface area (Å²) in [5.74, 6) is 0.292. The highest BCUT2D eigenvalue weighted by Gasteiger charge is 1.94. The third-order valence-corrected chi connectivity index (χ3v) is 0.771. The van der Waals surface area contributed by atoms with E-state index in [1.807, 2.05) is 0 Å². The number of carbonyl (C=O) groups excluding carboxylic acids is 1. The molecule has 0 aliphatic heterocycles. The second kappa shape index (κ2) is 2.35. The van der Waals surface area contributed by atoms with Crippen molar-refractivity contribution in [1.29, 1.82) is 0 Å². The van der Waals surface area contributed by atoms with Crippen molar-refractivity contribution in [3.63, 3.8) is 0 Å². The van der Waals surface area contributed by atoms with Gasteiger partial charge in [0.15, 0.2) is 12.1 Å². The van der Waals surface area contributed by atoms with Gasteiger partial charge in [0.1, 0.15) is 0 Å². The molecule has 3 heteroatoms. The summed E-state index contributed by atoms with van der Waals surface area (Å²) in [7, 11) is 0. The second-order valence-electron chi connectivity index (χ2n) is 1.60. The van der Waals surface area contributed by atoms with Crippen molar-refractivity contribution in [2.75, 3.05) is 5.32 Å². The zero-order valence-corrected chi connectivity index (χ0v) is 4.97. The Bertz CT molecular complexity index is 191. The van der Waals surface area contributed by atoms with E-state index in [-0.39, 0.29) is 5.91 Å². The molecule has 1 radical (unpaired) electrons. The molecule has 0 unspecified atom stereocenters. The third kappa shape index (κ3) is 1.60. The number of nitrogens with one attached hydrogen (secondary N) is 1. The Morgan fingerprint density at radius 3 is 3.11 bits per heavy atom. The number of hydrogen-bond acceptors (Lipinski definition) is 2. The topological polar surface area (TPSA) is 42.2 Å². The summed E-state index contributed by atoms with van der Waals surface area (Å²) in [6, 6.07) is 3.21. The van der Waals surface area contributed by atoms with Gasteiger partial charge in [-0.3, -0.25) is 10.1 Å². The van der Waals surface area contributed by atoms with E-state index in [2.05, 4.69) is 16.0 Å². The first-order valence-corrected chi connectivity index (χ1v) is 2.52. The molecule has 1 heterocycles. The van der Waals surface area contributed by atoms with Crippen LogP contribution in [0.5, 0.6) is 0 Å². The number of amides is 1. The van der Waals surface area contributed by atoms with Gasteiger partial charge in [0.05, 0.1) is 0 Å². The number of furan rings is 1. The Labute approximate surface area is 52.7 Å². The fourth-order valence-electron chi connectivity index (χ4n) is 0.482. The molecule has 3 nitrogen and oxygen atoms in total. The van der Waals surface area contributed by atoms with E-state index in [0.717, 1.165) is 0 Å². The molecule has 0 spiro atoms. The van der Waals surface area contributed by atoms with Crippen LogP contribution < -0.4 is 5.32 Å². The first-order valence-electron chi connectivity index (χ1n) is 2.52. The van der Waals surface area contributed by atoms with Gasteiger partial charge in [0.25, 0.3) is 0 Å². The third-order valence-electron chi connectivity index (χ3n) is 0.771. The molecule has 0 fully saturated rings. The summed E-state index contributed by atoms with van der Waals surface area (Å²) in [5, 5.41) is 2.45. The van der Waals surface area contributed by atoms with Crippen LogP contribution in [0, 0.1) is 6.26 Å². The molecule has 1 amide bonds. The summed E-state index contributed by atoms with van der Waals surface area (Å²) in [4.78, 5) is 10.3. The van der Waals surface area contributed by atoms with Gasteiger partial charge in [-0.05, 0) is 6.07 Å². The predicted molar refractivity (Wildman–Crippen MR) is 31.8 cm³/mol. The van der Waals surface area contributed by atoms with Crippen LogP contribution in [0.25, 0.3) is 0 Å². The van der Waals surface area contributed by atoms with Gasteiger partial charge < -0.3 is 4.42 Å². The smallest absolute Gasteiger partial charge is 0.223 e. The van der Waals surface area contributed by atoms with Gasteiger partial charge in [0.2, 0.25) is 5.91 Å². The van der Waals surface area contributed by atoms with E-state index >= 15 is 0 Å². The highest BCUT2D eigenvalue weighted by Crippen LogP contribution is 2.04. The molecule has 0 saturated heterocycles. The Hall–Kier alpha value is -1.25. The molecular formula is C6H6NO2. The van der Waals surface area contributed by atoms with Crippen molar-refractivity contribution < 1.29 is 9.21 Å². The number of hydrogen-bond donors (Lipinski definition) is 1. The van der Waals surface area contributed by atoms with Crippen molar-refractivity contribution in [2.24, 2.45) is 0 Å². The summed E-state index contributed by atoms with van der Waals surface area (Å²) in [6.45, 7) is 1.42. The molecule has 0 aromatic carbocycles. The lowest BCUT2D eigenvalue weighted by Gasteiger charge is -1.91. The molecule has 1 N–H and O–H groups in total. The van der Waals surface area contributed by atoms with E-state index in [1.165, 1.54) is 6.92 Å². The van der Waals surface area contributed by atoms with Crippen LogP contribution in [0.15, 0.2) is 16.5 Å². The molecule has 0 aliphatic rings. The van der Waals surface area contributed by atoms with E-state index < -0.39 is 0 Å². The van der Waals surface area contributed by atoms with E-state index in [9.17, 15) is 4.79 Å². The average molecular weight is 124 g/mol. The maximum Gasteiger partial charge on any atom is 0.223 e. The maximum atomic E-state index is 10.3. The van der Waals surface area contributed by atoms with Gasteiger partial charge in [-0.15, -0.1) is 0 Å². The van der Waals surface area contributed by atoms with Crippen molar-refractivity contribution in [2.45, 2.75) is 6.92 Å². The Balaban J connectivity index is 2.58. The van der Waals surface area contributed by atoms with E-state index in [1.54, 1.807) is 12.1 Å². The monoisotopic (exact) mass is 124 g/mol. The Morgan fingerprint density at radius 1 is 1.89 bits per heavy atom. The molecule has 0 bridgehead atoms. The molecular weight excluding hydrogens is 118 g/mol. The molecule has 0 atom stereocenters. The predicted octanol–water partition coefficient (Wildman–Crippen LogP) is 1.04. The zero-order chi connectivity index (χ0) is 6.69. The molecule has 9 heavy (non-hydrogen) atoms. The average Bonchev–Trinajstić information content (AvgIpc) is 2.15. The van der Waals surface area contributed by atoms with Crippen LogP contribution in [-0.4, -0.2) is 5.91 Å². The standard InChI is InChI=1S/C6H6NO2/c1-5(8)7-6-3-2-4-9-6/h2-3H,1H3,(H,7,8). The lowest BCUT2D eigenvalue weighted by atomic mass is 10.6. The first-order chi connectivity index (χ1) is 4.29. The fourth-order valence-corrected chi connectivity index (χ4v) is 0.482. The van der Waals surface area contributed by atoms with Gasteiger partial charge in [0, 0.05) is 13.0 Å². The van der Waals surface area contributed by atoms with Gasteiger partial charge in [-0.25, -0.2) is 0 Å². The molecule has 1 aromatic rings. The second-order valence-corrected chi connectivity index (χ2v) is 1.60. The summed E-state index contributed by atoms with van der Waals surface area (Å²) >= 11 is 0. The largest absolute Gasteiger partial charge is 0.437 e. The SMILES string of the molecule is CC(=O)Nc1cc[c]o1. The molecule has 0 saturated carbocycles. The highest BCUT2D eigenvalue weighted by molar-refractivity contribution is 5.86. The quantitative estimate of drug-likeness (QED) is 0.607. The highest BCUT2D eigenvalue weighted by atomic mass is 16.3. The normalized spacial score (nSPS) is 9.00. The van der Waals surface area contributed by atoms with Crippen LogP contribution in [0.3, 0.4) is 0 Å². The van der Waals surface area contributed by atoms with Crippen LogP contribution in [0.4, 0.5) is 5.88 Å². The van der Waals surface area contributed by atoms with Crippen LogP contribution in [-0.2, 0) is 4.79 Å². The minimum atomic E-state index is -0.140. The molecule has 47 valence electrons. The number of carbonyl (C=O) groups is 1. The van der Waals surface area contributed by atoms with Crippen molar-refractivity contribution in [3.05, 3.63) is 18.4 Å². The summed E-state index contributed by atoms with van der Waals surface area (Å²) in [6.07, 6.45) is 2.45. The molecule has 1 rings (SSSR count). The molecule has 0 aliphatic carbocycles. The first kappa shape index (κ1) is 5.88. The van der Waals surface area contributed by atoms with Crippen LogP contribution in [0.2, 0.25) is 0 Å². The minimum absolute atomic E-state index is 0.140. The van der Waals surface area contributed by atoms with Gasteiger partial charge >= 0.3 is 0 Å². The summed E-state index contributed by atoms with van der Waals surface area (Å²) < 4.78 is 4.69.